The predicted octanol–water partition coefficient (Wildman–Crippen LogP) is 2.36. The van der Waals surface area contributed by atoms with Gasteiger partial charge in [0, 0.05) is 18.7 Å². The van der Waals surface area contributed by atoms with Gasteiger partial charge >= 0.3 is 11.7 Å². The van der Waals surface area contributed by atoms with Crippen LogP contribution >= 0.6 is 11.6 Å². The average Bonchev–Trinajstić information content (AvgIpc) is 2.83. The van der Waals surface area contributed by atoms with Gasteiger partial charge in [0.25, 0.3) is 5.56 Å². The predicted molar refractivity (Wildman–Crippen MR) is 95.5 cm³/mol. The maximum absolute atomic E-state index is 15.5. The summed E-state index contributed by atoms with van der Waals surface area (Å²) in [5.41, 5.74) is -1.19. The first-order chi connectivity index (χ1) is 12.7. The van der Waals surface area contributed by atoms with Crippen LogP contribution in [-0.4, -0.2) is 32.4 Å². The van der Waals surface area contributed by atoms with Crippen molar-refractivity contribution in [2.75, 3.05) is 0 Å². The van der Waals surface area contributed by atoms with Crippen LogP contribution < -0.4 is 11.2 Å². The summed E-state index contributed by atoms with van der Waals surface area (Å²) in [5, 5.41) is 0. The number of esters is 1. The van der Waals surface area contributed by atoms with E-state index in [1.165, 1.54) is 26.0 Å². The van der Waals surface area contributed by atoms with Crippen LogP contribution in [0.5, 0.6) is 0 Å². The molecule has 1 fully saturated rings. The summed E-state index contributed by atoms with van der Waals surface area (Å²) in [5.74, 6) is -3.18. The molecule has 1 aromatic carbocycles. The van der Waals surface area contributed by atoms with Crippen LogP contribution in [-0.2, 0) is 9.47 Å². The van der Waals surface area contributed by atoms with Crippen molar-refractivity contribution in [3.63, 3.8) is 0 Å². The molecular formula is C18H18ClFN2O5. The Morgan fingerprint density at radius 1 is 1.33 bits per heavy atom. The Morgan fingerprint density at radius 3 is 2.59 bits per heavy atom. The van der Waals surface area contributed by atoms with Crippen molar-refractivity contribution in [3.05, 3.63) is 69.0 Å². The summed E-state index contributed by atoms with van der Waals surface area (Å²) in [4.78, 5) is 36.3. The molecule has 0 amide bonds. The molecule has 0 saturated carbocycles. The number of halogens is 2. The highest BCUT2D eigenvalue weighted by molar-refractivity contribution is 6.24. The van der Waals surface area contributed by atoms with E-state index >= 15 is 4.39 Å². The average molecular weight is 397 g/mol. The van der Waals surface area contributed by atoms with Crippen LogP contribution in [0.2, 0.25) is 0 Å². The monoisotopic (exact) mass is 396 g/mol. The maximum Gasteiger partial charge on any atom is 0.338 e. The number of nitrogens with zero attached hydrogens (tertiary/aromatic N) is 1. The second kappa shape index (κ2) is 6.94. The van der Waals surface area contributed by atoms with E-state index in [9.17, 15) is 14.4 Å². The normalized spacial score (nSPS) is 30.2. The van der Waals surface area contributed by atoms with Gasteiger partial charge in [-0.3, -0.25) is 14.3 Å². The highest BCUT2D eigenvalue weighted by Gasteiger charge is 2.64. The molecule has 0 spiro atoms. The Kier molecular flexibility index (Phi) is 4.96. The molecule has 27 heavy (non-hydrogen) atoms. The first-order valence-corrected chi connectivity index (χ1v) is 8.70. The molecule has 0 radical (unpaired) electrons. The molecule has 3 rings (SSSR count). The number of aromatic nitrogens is 2. The van der Waals surface area contributed by atoms with Crippen LogP contribution in [0, 0.1) is 0 Å². The number of H-pyrrole nitrogens is 1. The zero-order chi connectivity index (χ0) is 19.8. The highest BCUT2D eigenvalue weighted by Crippen LogP contribution is 2.51. The first-order valence-electron chi connectivity index (χ1n) is 8.32. The number of carbonyl (C=O) groups is 1. The lowest BCUT2D eigenvalue weighted by molar-refractivity contribution is -0.189. The van der Waals surface area contributed by atoms with Gasteiger partial charge in [-0.05, 0) is 19.1 Å². The Balaban J connectivity index is 1.98. The van der Waals surface area contributed by atoms with Gasteiger partial charge in [0.15, 0.2) is 12.3 Å². The number of carbonyl (C=O) groups excluding carboxylic acids is 1. The number of alkyl halides is 2. The van der Waals surface area contributed by atoms with Gasteiger partial charge in [-0.25, -0.2) is 14.0 Å². The van der Waals surface area contributed by atoms with Gasteiger partial charge in [0.1, 0.15) is 4.87 Å². The molecule has 4 atom stereocenters. The molecule has 1 saturated heterocycles. The number of aromatic amines is 1. The minimum atomic E-state index is -2.42. The molecule has 0 bridgehead atoms. The Hall–Kier alpha value is -2.45. The molecule has 7 nitrogen and oxygen atoms in total. The van der Waals surface area contributed by atoms with E-state index in [0.29, 0.717) is 0 Å². The molecule has 1 aliphatic heterocycles. The lowest BCUT2D eigenvalue weighted by atomic mass is 9.97. The van der Waals surface area contributed by atoms with Crippen LogP contribution in [0.1, 0.15) is 36.9 Å². The SMILES string of the molecule is CCC1(F)OC(n2ccc(=O)[nH]c2=O)C(C)(Cl)C1OC(=O)c1ccccc1. The van der Waals surface area contributed by atoms with Crippen LogP contribution in [0.4, 0.5) is 4.39 Å². The topological polar surface area (TPSA) is 90.4 Å². The molecule has 4 unspecified atom stereocenters. The number of rotatable bonds is 4. The van der Waals surface area contributed by atoms with E-state index in [1.807, 2.05) is 0 Å². The molecule has 1 N–H and O–H groups in total. The second-order valence-electron chi connectivity index (χ2n) is 6.43. The van der Waals surface area contributed by atoms with Gasteiger partial charge in [-0.15, -0.1) is 11.6 Å². The maximum atomic E-state index is 15.5. The van der Waals surface area contributed by atoms with E-state index in [0.717, 1.165) is 16.8 Å². The highest BCUT2D eigenvalue weighted by atomic mass is 35.5. The third-order valence-corrected chi connectivity index (χ3v) is 4.90. The van der Waals surface area contributed by atoms with Gasteiger partial charge in [0.05, 0.1) is 5.56 Å². The van der Waals surface area contributed by atoms with Crippen molar-refractivity contribution in [1.29, 1.82) is 0 Å². The Bertz CT molecular complexity index is 958. The Labute approximate surface area is 158 Å². The van der Waals surface area contributed by atoms with Crippen molar-refractivity contribution >= 4 is 17.6 Å². The lowest BCUT2D eigenvalue weighted by Crippen LogP contribution is -2.47. The summed E-state index contributed by atoms with van der Waals surface area (Å²) < 4.78 is 27.2. The van der Waals surface area contributed by atoms with Crippen LogP contribution in [0.15, 0.2) is 52.2 Å². The minimum Gasteiger partial charge on any atom is -0.451 e. The van der Waals surface area contributed by atoms with Crippen molar-refractivity contribution < 1.29 is 18.7 Å². The molecule has 144 valence electrons. The molecule has 2 aromatic rings. The Morgan fingerprint density at radius 2 is 2.00 bits per heavy atom. The molecular weight excluding hydrogens is 379 g/mol. The van der Waals surface area contributed by atoms with Crippen LogP contribution in [0.3, 0.4) is 0 Å². The first kappa shape index (κ1) is 19.3. The van der Waals surface area contributed by atoms with Gasteiger partial charge in [-0.1, -0.05) is 25.1 Å². The van der Waals surface area contributed by atoms with Crippen molar-refractivity contribution in [2.45, 2.75) is 43.3 Å². The number of hydrogen-bond donors (Lipinski definition) is 1. The second-order valence-corrected chi connectivity index (χ2v) is 7.24. The molecule has 0 aliphatic carbocycles. The van der Waals surface area contributed by atoms with E-state index < -0.39 is 40.3 Å². The van der Waals surface area contributed by atoms with Gasteiger partial charge in [-0.2, -0.15) is 0 Å². The lowest BCUT2D eigenvalue weighted by Gasteiger charge is -2.30. The molecule has 1 aromatic heterocycles. The summed E-state index contributed by atoms with van der Waals surface area (Å²) in [6, 6.07) is 9.16. The van der Waals surface area contributed by atoms with Crippen molar-refractivity contribution in [1.82, 2.24) is 9.55 Å². The number of benzene rings is 1. The zero-order valence-corrected chi connectivity index (χ0v) is 15.4. The van der Waals surface area contributed by atoms with Crippen LogP contribution in [0.25, 0.3) is 0 Å². The zero-order valence-electron chi connectivity index (χ0n) is 14.6. The van der Waals surface area contributed by atoms with E-state index in [1.54, 1.807) is 18.2 Å². The third kappa shape index (κ3) is 3.42. The van der Waals surface area contributed by atoms with Gasteiger partial charge < -0.3 is 9.47 Å². The fourth-order valence-electron chi connectivity index (χ4n) is 3.08. The van der Waals surface area contributed by atoms with Gasteiger partial charge in [0.2, 0.25) is 5.85 Å². The standard InChI is InChI=1S/C18H18ClFN2O5/c1-3-18(20)14(26-13(24)11-7-5-4-6-8-11)17(2,19)15(27-18)22-10-9-12(23)21-16(22)25/h4-10,14-15H,3H2,1-2H3,(H,21,23,25). The minimum absolute atomic E-state index is 0.170. The molecule has 9 heteroatoms. The number of ether oxygens (including phenoxy) is 2. The fourth-order valence-corrected chi connectivity index (χ4v) is 3.43. The summed E-state index contributed by atoms with van der Waals surface area (Å²) in [6.07, 6.45) is -1.81. The quantitative estimate of drug-likeness (QED) is 0.633. The smallest absolute Gasteiger partial charge is 0.338 e. The van der Waals surface area contributed by atoms with Crippen molar-refractivity contribution in [2.24, 2.45) is 0 Å². The van der Waals surface area contributed by atoms with E-state index in [4.69, 9.17) is 21.1 Å². The summed E-state index contributed by atoms with van der Waals surface area (Å²) in [6.45, 7) is 2.92. The summed E-state index contributed by atoms with van der Waals surface area (Å²) in [7, 11) is 0. The fraction of sp³-hybridized carbons (Fsp3) is 0.389. The van der Waals surface area contributed by atoms with Crippen molar-refractivity contribution in [3.8, 4) is 0 Å². The number of hydrogen-bond acceptors (Lipinski definition) is 5. The number of nitrogens with one attached hydrogen (secondary N) is 1. The molecule has 1 aliphatic rings. The molecule has 2 heterocycles. The summed E-state index contributed by atoms with van der Waals surface area (Å²) >= 11 is 6.55. The van der Waals surface area contributed by atoms with E-state index in [2.05, 4.69) is 4.98 Å². The third-order valence-electron chi connectivity index (χ3n) is 4.51. The largest absolute Gasteiger partial charge is 0.451 e. The van der Waals surface area contributed by atoms with E-state index in [-0.39, 0.29) is 12.0 Å².